The number of nitrogen functional groups attached to an aromatic ring is 1. The van der Waals surface area contributed by atoms with Gasteiger partial charge >= 0.3 is 0 Å². The highest BCUT2D eigenvalue weighted by atomic mass is 16.7. The van der Waals surface area contributed by atoms with Gasteiger partial charge in [-0.1, -0.05) is 24.3 Å². The van der Waals surface area contributed by atoms with Gasteiger partial charge in [0.15, 0.2) is 23.3 Å². The minimum Gasteiger partial charge on any atom is -0.392 e. The van der Waals surface area contributed by atoms with Gasteiger partial charge in [0, 0.05) is 14.2 Å². The number of aliphatic hydroxyl groups is 1. The molecule has 138 valence electrons. The molecule has 0 fully saturated rings. The third-order valence-corrected chi connectivity index (χ3v) is 4.06. The standard InChI is InChI=1S/C17H22N6O3/c1-25-13(26-2)7-19-17-22-14-15(18)20-10-21-16(14)23(17)8-11-3-5-12(9-24)6-4-11/h3-6,10,13,24H,7-9H2,1-2H3,(H,19,22)(H2,18,20,21). The van der Waals surface area contributed by atoms with Gasteiger partial charge in [-0.15, -0.1) is 0 Å². The molecule has 3 aromatic rings. The van der Waals surface area contributed by atoms with E-state index in [1.54, 1.807) is 14.2 Å². The number of nitrogens with zero attached hydrogens (tertiary/aromatic N) is 4. The molecule has 9 heteroatoms. The Morgan fingerprint density at radius 1 is 1.15 bits per heavy atom. The van der Waals surface area contributed by atoms with Gasteiger partial charge in [-0.25, -0.2) is 15.0 Å². The summed E-state index contributed by atoms with van der Waals surface area (Å²) in [6.07, 6.45) is 1.01. The number of fused-ring (bicyclic) bond motifs is 1. The van der Waals surface area contributed by atoms with Gasteiger partial charge in [0.2, 0.25) is 5.95 Å². The number of hydrogen-bond acceptors (Lipinski definition) is 8. The topological polar surface area (TPSA) is 120 Å². The van der Waals surface area contributed by atoms with E-state index < -0.39 is 6.29 Å². The third kappa shape index (κ3) is 3.74. The van der Waals surface area contributed by atoms with Crippen molar-refractivity contribution in [3.05, 3.63) is 41.7 Å². The number of benzene rings is 1. The van der Waals surface area contributed by atoms with Crippen LogP contribution in [0.1, 0.15) is 11.1 Å². The lowest BCUT2D eigenvalue weighted by Gasteiger charge is -2.15. The van der Waals surface area contributed by atoms with Crippen LogP contribution in [0.5, 0.6) is 0 Å². The second-order valence-electron chi connectivity index (χ2n) is 5.71. The minimum atomic E-state index is -0.407. The normalized spacial score (nSPS) is 11.4. The van der Waals surface area contributed by atoms with Crippen LogP contribution in [0.15, 0.2) is 30.6 Å². The summed E-state index contributed by atoms with van der Waals surface area (Å²) in [5.41, 5.74) is 9.02. The molecular formula is C17H22N6O3. The molecule has 0 unspecified atom stereocenters. The van der Waals surface area contributed by atoms with E-state index in [1.807, 2.05) is 28.8 Å². The number of nitrogens with one attached hydrogen (secondary N) is 1. The van der Waals surface area contributed by atoms with Gasteiger partial charge in [-0.05, 0) is 11.1 Å². The number of methoxy groups -OCH3 is 2. The fraction of sp³-hybridized carbons (Fsp3) is 0.353. The fourth-order valence-corrected chi connectivity index (χ4v) is 2.61. The molecular weight excluding hydrogens is 336 g/mol. The highest BCUT2D eigenvalue weighted by molar-refractivity contribution is 5.84. The predicted octanol–water partition coefficient (Wildman–Crippen LogP) is 0.980. The van der Waals surface area contributed by atoms with Gasteiger partial charge in [0.25, 0.3) is 0 Å². The van der Waals surface area contributed by atoms with Crippen LogP contribution in [0.3, 0.4) is 0 Å². The first-order valence-corrected chi connectivity index (χ1v) is 8.11. The van der Waals surface area contributed by atoms with E-state index in [2.05, 4.69) is 20.3 Å². The van der Waals surface area contributed by atoms with Gasteiger partial charge in [0.1, 0.15) is 6.33 Å². The first-order valence-electron chi connectivity index (χ1n) is 8.11. The number of rotatable bonds is 8. The van der Waals surface area contributed by atoms with Crippen molar-refractivity contribution in [2.45, 2.75) is 19.4 Å². The van der Waals surface area contributed by atoms with Crippen molar-refractivity contribution >= 4 is 22.9 Å². The van der Waals surface area contributed by atoms with E-state index in [9.17, 15) is 5.11 Å². The summed E-state index contributed by atoms with van der Waals surface area (Å²) in [4.78, 5) is 12.9. The SMILES string of the molecule is COC(CNc1nc2c(N)ncnc2n1Cc1ccc(CO)cc1)OC. The summed E-state index contributed by atoms with van der Waals surface area (Å²) < 4.78 is 12.3. The van der Waals surface area contributed by atoms with Crippen LogP contribution in [0.4, 0.5) is 11.8 Å². The molecule has 4 N–H and O–H groups in total. The van der Waals surface area contributed by atoms with Gasteiger partial charge in [-0.3, -0.25) is 4.57 Å². The number of nitrogens with two attached hydrogens (primary N) is 1. The lowest BCUT2D eigenvalue weighted by atomic mass is 10.1. The summed E-state index contributed by atoms with van der Waals surface area (Å²) in [7, 11) is 3.15. The molecule has 0 aliphatic carbocycles. The summed E-state index contributed by atoms with van der Waals surface area (Å²) >= 11 is 0. The molecule has 0 aliphatic heterocycles. The molecule has 1 aromatic carbocycles. The molecule has 0 saturated heterocycles. The molecule has 26 heavy (non-hydrogen) atoms. The van der Waals surface area contributed by atoms with Gasteiger partial charge in [-0.2, -0.15) is 0 Å². The summed E-state index contributed by atoms with van der Waals surface area (Å²) in [6.45, 7) is 0.957. The number of imidazole rings is 1. The lowest BCUT2D eigenvalue weighted by molar-refractivity contribution is -0.0915. The van der Waals surface area contributed by atoms with Crippen molar-refractivity contribution in [1.82, 2.24) is 19.5 Å². The molecule has 0 spiro atoms. The first kappa shape index (κ1) is 18.1. The quantitative estimate of drug-likeness (QED) is 0.510. The number of anilines is 2. The molecule has 2 aromatic heterocycles. The molecule has 0 saturated carbocycles. The first-order chi connectivity index (χ1) is 12.7. The second kappa shape index (κ2) is 8.09. The van der Waals surface area contributed by atoms with Crippen LogP contribution >= 0.6 is 0 Å². The molecule has 2 heterocycles. The van der Waals surface area contributed by atoms with Gasteiger partial charge < -0.3 is 25.6 Å². The second-order valence-corrected chi connectivity index (χ2v) is 5.71. The van der Waals surface area contributed by atoms with Crippen LogP contribution < -0.4 is 11.1 Å². The maximum Gasteiger partial charge on any atom is 0.205 e. The van der Waals surface area contributed by atoms with Crippen LogP contribution in [0, 0.1) is 0 Å². The predicted molar refractivity (Wildman–Crippen MR) is 97.5 cm³/mol. The zero-order valence-corrected chi connectivity index (χ0v) is 14.7. The molecule has 0 aliphatic rings. The maximum atomic E-state index is 9.19. The molecule has 3 rings (SSSR count). The zero-order valence-electron chi connectivity index (χ0n) is 14.7. The van der Waals surface area contributed by atoms with Crippen LogP contribution in [-0.4, -0.2) is 51.7 Å². The molecule has 0 atom stereocenters. The Morgan fingerprint density at radius 3 is 2.50 bits per heavy atom. The Balaban J connectivity index is 1.94. The van der Waals surface area contributed by atoms with E-state index in [-0.39, 0.29) is 6.61 Å². The Labute approximate surface area is 150 Å². The van der Waals surface area contributed by atoms with Crippen molar-refractivity contribution in [2.24, 2.45) is 0 Å². The Kier molecular flexibility index (Phi) is 5.61. The lowest BCUT2D eigenvalue weighted by Crippen LogP contribution is -2.25. The highest BCUT2D eigenvalue weighted by Gasteiger charge is 2.16. The van der Waals surface area contributed by atoms with Crippen molar-refractivity contribution < 1.29 is 14.6 Å². The van der Waals surface area contributed by atoms with Crippen molar-refractivity contribution in [1.29, 1.82) is 0 Å². The maximum absolute atomic E-state index is 9.19. The fourth-order valence-electron chi connectivity index (χ4n) is 2.61. The number of ether oxygens (including phenoxy) is 2. The van der Waals surface area contributed by atoms with E-state index >= 15 is 0 Å². The number of aromatic nitrogens is 4. The molecule has 0 amide bonds. The van der Waals surface area contributed by atoms with E-state index in [0.29, 0.717) is 36.0 Å². The smallest absolute Gasteiger partial charge is 0.205 e. The minimum absolute atomic E-state index is 0.0142. The molecule has 9 nitrogen and oxygen atoms in total. The summed E-state index contributed by atoms with van der Waals surface area (Å²) in [5, 5.41) is 12.4. The largest absolute Gasteiger partial charge is 0.392 e. The van der Waals surface area contributed by atoms with Crippen LogP contribution in [-0.2, 0) is 22.6 Å². The van der Waals surface area contributed by atoms with Crippen LogP contribution in [0.2, 0.25) is 0 Å². The monoisotopic (exact) mass is 358 g/mol. The van der Waals surface area contributed by atoms with E-state index in [4.69, 9.17) is 15.2 Å². The highest BCUT2D eigenvalue weighted by Crippen LogP contribution is 2.22. The van der Waals surface area contributed by atoms with Gasteiger partial charge in [0.05, 0.1) is 19.7 Å². The van der Waals surface area contributed by atoms with Crippen molar-refractivity contribution in [2.75, 3.05) is 31.8 Å². The Bertz CT molecular complexity index is 861. The summed E-state index contributed by atoms with van der Waals surface area (Å²) in [6, 6.07) is 7.69. The van der Waals surface area contributed by atoms with Crippen molar-refractivity contribution in [3.63, 3.8) is 0 Å². The zero-order chi connectivity index (χ0) is 18.5. The summed E-state index contributed by atoms with van der Waals surface area (Å²) in [5.74, 6) is 0.917. The Morgan fingerprint density at radius 2 is 1.85 bits per heavy atom. The van der Waals surface area contributed by atoms with Crippen molar-refractivity contribution in [3.8, 4) is 0 Å². The Hall–Kier alpha value is -2.75. The van der Waals surface area contributed by atoms with E-state index in [1.165, 1.54) is 6.33 Å². The molecule has 0 radical (unpaired) electrons. The third-order valence-electron chi connectivity index (χ3n) is 4.06. The van der Waals surface area contributed by atoms with E-state index in [0.717, 1.165) is 11.1 Å². The average Bonchev–Trinajstić information content (AvgIpc) is 3.02. The van der Waals surface area contributed by atoms with Crippen LogP contribution in [0.25, 0.3) is 11.2 Å². The number of aliphatic hydroxyl groups excluding tert-OH is 1. The molecule has 0 bridgehead atoms. The average molecular weight is 358 g/mol. The number of hydrogen-bond donors (Lipinski definition) is 3.